The number of hydrogen-bond donors (Lipinski definition) is 3. The number of hydrogen-bond acceptors (Lipinski definition) is 4. The first-order valence-corrected chi connectivity index (χ1v) is 11.6. The number of carboxylic acid groups (broad SMARTS) is 1. The lowest BCUT2D eigenvalue weighted by Gasteiger charge is -2.30. The summed E-state index contributed by atoms with van der Waals surface area (Å²) in [6.45, 7) is -0.219. The highest BCUT2D eigenvalue weighted by Crippen LogP contribution is 2.44. The molecule has 0 saturated heterocycles. The standard InChI is InChI=1S/C26H30N2O5/c29-24(27-15-25(30)31)14-23(17-8-2-1-3-9-17)28-26(32)33-16-22-20-12-6-4-10-18(20)19-11-5-7-13-21(19)22/h4-7,10-13,17,22-23H,1-3,8-9,14-16H2,(H,27,29)(H,28,32)(H,30,31). The molecule has 2 aromatic rings. The molecule has 1 unspecified atom stereocenters. The molecule has 3 N–H and O–H groups in total. The number of carbonyl (C=O) groups excluding carboxylic acids is 2. The first-order chi connectivity index (χ1) is 16.0. The van der Waals surface area contributed by atoms with E-state index in [2.05, 4.69) is 34.9 Å². The van der Waals surface area contributed by atoms with E-state index in [9.17, 15) is 14.4 Å². The van der Waals surface area contributed by atoms with E-state index in [0.29, 0.717) is 0 Å². The Morgan fingerprint density at radius 3 is 2.15 bits per heavy atom. The highest BCUT2D eigenvalue weighted by Gasteiger charge is 2.31. The Hall–Kier alpha value is -3.35. The van der Waals surface area contributed by atoms with Crippen molar-refractivity contribution >= 4 is 18.0 Å². The van der Waals surface area contributed by atoms with E-state index >= 15 is 0 Å². The number of rotatable bonds is 8. The van der Waals surface area contributed by atoms with Gasteiger partial charge in [0.15, 0.2) is 0 Å². The van der Waals surface area contributed by atoms with Crippen LogP contribution in [0.3, 0.4) is 0 Å². The van der Waals surface area contributed by atoms with Gasteiger partial charge in [-0.25, -0.2) is 4.79 Å². The number of carboxylic acids is 1. The maximum atomic E-state index is 12.8. The first-order valence-electron chi connectivity index (χ1n) is 11.6. The number of ether oxygens (including phenoxy) is 1. The van der Waals surface area contributed by atoms with E-state index in [4.69, 9.17) is 9.84 Å². The average Bonchev–Trinajstić information content (AvgIpc) is 3.15. The van der Waals surface area contributed by atoms with Gasteiger partial charge in [0.05, 0.1) is 0 Å². The molecule has 2 aliphatic rings. The topological polar surface area (TPSA) is 105 Å². The normalized spacial score (nSPS) is 16.4. The van der Waals surface area contributed by atoms with Crippen LogP contribution >= 0.6 is 0 Å². The van der Waals surface area contributed by atoms with Gasteiger partial charge in [-0.05, 0) is 41.0 Å². The summed E-state index contributed by atoms with van der Waals surface area (Å²) in [6, 6.07) is 15.9. The molecule has 0 bridgehead atoms. The number of nitrogens with one attached hydrogen (secondary N) is 2. The van der Waals surface area contributed by atoms with Gasteiger partial charge in [0, 0.05) is 18.4 Å². The van der Waals surface area contributed by atoms with E-state index < -0.39 is 18.6 Å². The van der Waals surface area contributed by atoms with Crippen LogP contribution in [0.1, 0.15) is 55.6 Å². The summed E-state index contributed by atoms with van der Waals surface area (Å²) in [4.78, 5) is 35.8. The summed E-state index contributed by atoms with van der Waals surface area (Å²) in [5.74, 6) is -1.33. The Morgan fingerprint density at radius 2 is 1.55 bits per heavy atom. The fourth-order valence-electron chi connectivity index (χ4n) is 5.11. The third kappa shape index (κ3) is 5.53. The molecule has 1 fully saturated rings. The van der Waals surface area contributed by atoms with Gasteiger partial charge in [-0.1, -0.05) is 67.8 Å². The lowest BCUT2D eigenvalue weighted by molar-refractivity contribution is -0.138. The summed E-state index contributed by atoms with van der Waals surface area (Å²) in [6.07, 6.45) is 4.63. The predicted octanol–water partition coefficient (Wildman–Crippen LogP) is 4.06. The fourth-order valence-corrected chi connectivity index (χ4v) is 5.11. The Morgan fingerprint density at radius 1 is 0.939 bits per heavy atom. The van der Waals surface area contributed by atoms with Crippen LogP contribution in [0.2, 0.25) is 0 Å². The molecular weight excluding hydrogens is 420 g/mol. The van der Waals surface area contributed by atoms with Crippen LogP contribution in [0.15, 0.2) is 48.5 Å². The van der Waals surface area contributed by atoms with E-state index in [1.807, 2.05) is 24.3 Å². The highest BCUT2D eigenvalue weighted by molar-refractivity contribution is 5.82. The summed E-state index contributed by atoms with van der Waals surface area (Å²) >= 11 is 0. The van der Waals surface area contributed by atoms with Crippen LogP contribution in [0, 0.1) is 5.92 Å². The summed E-state index contributed by atoms with van der Waals surface area (Å²) in [5.41, 5.74) is 4.61. The second kappa shape index (κ2) is 10.5. The Bertz CT molecular complexity index is 970. The van der Waals surface area contributed by atoms with E-state index in [0.717, 1.165) is 54.4 Å². The van der Waals surface area contributed by atoms with Crippen LogP contribution in [-0.2, 0) is 14.3 Å². The predicted molar refractivity (Wildman–Crippen MR) is 124 cm³/mol. The molecule has 33 heavy (non-hydrogen) atoms. The van der Waals surface area contributed by atoms with Crippen molar-refractivity contribution in [2.75, 3.05) is 13.2 Å². The number of aliphatic carboxylic acids is 1. The molecule has 0 aromatic heterocycles. The molecule has 7 heteroatoms. The number of benzene rings is 2. The third-order valence-electron chi connectivity index (χ3n) is 6.71. The minimum Gasteiger partial charge on any atom is -0.480 e. The van der Waals surface area contributed by atoms with Gasteiger partial charge >= 0.3 is 12.1 Å². The Labute approximate surface area is 193 Å². The van der Waals surface area contributed by atoms with Crippen molar-refractivity contribution in [1.82, 2.24) is 10.6 Å². The molecule has 0 heterocycles. The van der Waals surface area contributed by atoms with Crippen molar-refractivity contribution < 1.29 is 24.2 Å². The van der Waals surface area contributed by atoms with Gasteiger partial charge < -0.3 is 20.5 Å². The number of fused-ring (bicyclic) bond motifs is 3. The summed E-state index contributed by atoms with van der Waals surface area (Å²) in [7, 11) is 0. The molecule has 4 rings (SSSR count). The van der Waals surface area contributed by atoms with Crippen LogP contribution in [0.25, 0.3) is 11.1 Å². The van der Waals surface area contributed by atoms with Crippen molar-refractivity contribution in [3.8, 4) is 11.1 Å². The zero-order valence-corrected chi connectivity index (χ0v) is 18.6. The van der Waals surface area contributed by atoms with Crippen molar-refractivity contribution in [1.29, 1.82) is 0 Å². The van der Waals surface area contributed by atoms with Gasteiger partial charge in [-0.15, -0.1) is 0 Å². The van der Waals surface area contributed by atoms with Crippen molar-refractivity contribution in [3.05, 3.63) is 59.7 Å². The minimum atomic E-state index is -1.10. The van der Waals surface area contributed by atoms with Crippen molar-refractivity contribution in [2.24, 2.45) is 5.92 Å². The molecule has 0 spiro atoms. The molecule has 174 valence electrons. The third-order valence-corrected chi connectivity index (χ3v) is 6.71. The summed E-state index contributed by atoms with van der Waals surface area (Å²) < 4.78 is 5.66. The molecule has 1 saturated carbocycles. The zero-order valence-electron chi connectivity index (χ0n) is 18.6. The van der Waals surface area contributed by atoms with Crippen LogP contribution in [-0.4, -0.2) is 42.3 Å². The summed E-state index contributed by atoms with van der Waals surface area (Å²) in [5, 5.41) is 14.1. The lowest BCUT2D eigenvalue weighted by Crippen LogP contribution is -2.45. The van der Waals surface area contributed by atoms with Crippen molar-refractivity contribution in [3.63, 3.8) is 0 Å². The van der Waals surface area contributed by atoms with Gasteiger partial charge in [-0.3, -0.25) is 9.59 Å². The Balaban J connectivity index is 1.40. The van der Waals surface area contributed by atoms with Gasteiger partial charge in [0.1, 0.15) is 13.2 Å². The first kappa shape index (κ1) is 22.8. The number of carbonyl (C=O) groups is 3. The maximum Gasteiger partial charge on any atom is 0.407 e. The SMILES string of the molecule is O=C(O)CNC(=O)CC(NC(=O)OCC1c2ccccc2-c2ccccc21)C1CCCCC1. The smallest absolute Gasteiger partial charge is 0.407 e. The van der Waals surface area contributed by atoms with Gasteiger partial charge in [-0.2, -0.15) is 0 Å². The average molecular weight is 451 g/mol. The van der Waals surface area contributed by atoms with Gasteiger partial charge in [0.2, 0.25) is 5.91 Å². The quantitative estimate of drug-likeness (QED) is 0.562. The lowest BCUT2D eigenvalue weighted by atomic mass is 9.82. The number of alkyl carbamates (subject to hydrolysis) is 1. The number of amides is 2. The fraction of sp³-hybridized carbons (Fsp3) is 0.423. The molecule has 7 nitrogen and oxygen atoms in total. The molecule has 0 radical (unpaired) electrons. The highest BCUT2D eigenvalue weighted by atomic mass is 16.5. The molecule has 0 aliphatic heterocycles. The second-order valence-electron chi connectivity index (χ2n) is 8.85. The molecule has 1 atom stereocenters. The Kier molecular flexibility index (Phi) is 7.27. The minimum absolute atomic E-state index is 0.0323. The van der Waals surface area contributed by atoms with E-state index in [-0.39, 0.29) is 36.8 Å². The second-order valence-corrected chi connectivity index (χ2v) is 8.85. The molecular formula is C26H30N2O5. The van der Waals surface area contributed by atoms with E-state index in [1.54, 1.807) is 0 Å². The monoisotopic (exact) mass is 450 g/mol. The zero-order chi connectivity index (χ0) is 23.2. The van der Waals surface area contributed by atoms with Crippen LogP contribution in [0.5, 0.6) is 0 Å². The van der Waals surface area contributed by atoms with Crippen LogP contribution < -0.4 is 10.6 Å². The van der Waals surface area contributed by atoms with E-state index in [1.165, 1.54) is 0 Å². The molecule has 2 amide bonds. The molecule has 2 aliphatic carbocycles. The van der Waals surface area contributed by atoms with Crippen molar-refractivity contribution in [2.45, 2.75) is 50.5 Å². The van der Waals surface area contributed by atoms with Crippen LogP contribution in [0.4, 0.5) is 4.79 Å². The van der Waals surface area contributed by atoms with Gasteiger partial charge in [0.25, 0.3) is 0 Å². The maximum absolute atomic E-state index is 12.8. The largest absolute Gasteiger partial charge is 0.480 e. The molecule has 2 aromatic carbocycles.